The van der Waals surface area contributed by atoms with Crippen LogP contribution in [0.15, 0.2) is 36.5 Å². The molecular weight excluding hydrogens is 254 g/mol. The molecule has 2 aromatic heterocycles. The highest BCUT2D eigenvalue weighted by atomic mass is 15.5. The Kier molecular flexibility index (Phi) is 3.08. The van der Waals surface area contributed by atoms with Crippen molar-refractivity contribution in [3.8, 4) is 17.1 Å². The average Bonchev–Trinajstić information content (AvgIpc) is 2.97. The number of rotatable bonds is 3. The molecule has 1 aromatic carbocycles. The number of benzene rings is 1. The third-order valence-electron chi connectivity index (χ3n) is 2.91. The molecule has 0 amide bonds. The van der Waals surface area contributed by atoms with Gasteiger partial charge in [-0.05, 0) is 29.5 Å². The Labute approximate surface area is 115 Å². The number of hydrogen-bond donors (Lipinski definition) is 1. The second-order valence-electron chi connectivity index (χ2n) is 4.19. The van der Waals surface area contributed by atoms with Crippen molar-refractivity contribution >= 4 is 5.95 Å². The van der Waals surface area contributed by atoms with Gasteiger partial charge >= 0.3 is 0 Å². The van der Waals surface area contributed by atoms with Gasteiger partial charge in [0.15, 0.2) is 5.82 Å². The first-order valence-electron chi connectivity index (χ1n) is 6.15. The van der Waals surface area contributed by atoms with Crippen LogP contribution in [0.2, 0.25) is 0 Å². The molecule has 7 nitrogen and oxygen atoms in total. The quantitative estimate of drug-likeness (QED) is 0.774. The summed E-state index contributed by atoms with van der Waals surface area (Å²) in [4.78, 5) is 8.57. The molecule has 0 saturated carbocycles. The minimum absolute atomic E-state index is 0.574. The van der Waals surface area contributed by atoms with E-state index in [-0.39, 0.29) is 0 Å². The predicted molar refractivity (Wildman–Crippen MR) is 74.5 cm³/mol. The summed E-state index contributed by atoms with van der Waals surface area (Å²) in [7, 11) is 1.78. The zero-order valence-corrected chi connectivity index (χ0v) is 11.1. The monoisotopic (exact) mass is 267 g/mol. The van der Waals surface area contributed by atoms with Crippen LogP contribution < -0.4 is 5.32 Å². The summed E-state index contributed by atoms with van der Waals surface area (Å²) in [6.07, 6.45) is 1.72. The summed E-state index contributed by atoms with van der Waals surface area (Å²) in [5, 5.41) is 14.8. The molecule has 7 heteroatoms. The molecule has 0 aliphatic heterocycles. The molecule has 20 heavy (non-hydrogen) atoms. The lowest BCUT2D eigenvalue weighted by molar-refractivity contribution is 0.791. The number of para-hydroxylation sites is 1. The molecule has 0 unspecified atom stereocenters. The van der Waals surface area contributed by atoms with Crippen LogP contribution in [0.25, 0.3) is 17.1 Å². The van der Waals surface area contributed by atoms with Crippen LogP contribution in [0, 0.1) is 6.92 Å². The van der Waals surface area contributed by atoms with Gasteiger partial charge in [-0.25, -0.2) is 9.97 Å². The molecule has 0 aliphatic rings. The molecule has 0 radical (unpaired) electrons. The van der Waals surface area contributed by atoms with E-state index in [9.17, 15) is 0 Å². The first kappa shape index (κ1) is 12.2. The van der Waals surface area contributed by atoms with Crippen molar-refractivity contribution in [3.05, 3.63) is 42.2 Å². The van der Waals surface area contributed by atoms with Gasteiger partial charge < -0.3 is 5.32 Å². The maximum Gasteiger partial charge on any atom is 0.222 e. The molecule has 3 aromatic rings. The SMILES string of the molecule is CNc1ncc(-c2nnnn2-c2ccccc2)c(C)n1. The highest BCUT2D eigenvalue weighted by Crippen LogP contribution is 2.21. The molecule has 0 fully saturated rings. The highest BCUT2D eigenvalue weighted by molar-refractivity contribution is 5.59. The van der Waals surface area contributed by atoms with Crippen LogP contribution in [0.3, 0.4) is 0 Å². The maximum atomic E-state index is 4.35. The van der Waals surface area contributed by atoms with E-state index in [0.717, 1.165) is 16.9 Å². The van der Waals surface area contributed by atoms with Crippen molar-refractivity contribution in [2.75, 3.05) is 12.4 Å². The van der Waals surface area contributed by atoms with Gasteiger partial charge in [0.2, 0.25) is 5.95 Å². The minimum Gasteiger partial charge on any atom is -0.357 e. The van der Waals surface area contributed by atoms with E-state index < -0.39 is 0 Å². The fourth-order valence-electron chi connectivity index (χ4n) is 1.91. The van der Waals surface area contributed by atoms with E-state index in [0.29, 0.717) is 11.8 Å². The van der Waals surface area contributed by atoms with Gasteiger partial charge in [-0.15, -0.1) is 5.10 Å². The summed E-state index contributed by atoms with van der Waals surface area (Å²) >= 11 is 0. The predicted octanol–water partition coefficient (Wildman–Crippen LogP) is 1.47. The molecule has 100 valence electrons. The number of aromatic nitrogens is 6. The number of nitrogens with one attached hydrogen (secondary N) is 1. The smallest absolute Gasteiger partial charge is 0.222 e. The molecule has 3 rings (SSSR count). The Morgan fingerprint density at radius 3 is 2.65 bits per heavy atom. The van der Waals surface area contributed by atoms with Gasteiger partial charge in [-0.2, -0.15) is 4.68 Å². The lowest BCUT2D eigenvalue weighted by Crippen LogP contribution is -2.04. The fraction of sp³-hybridized carbons (Fsp3) is 0.154. The number of anilines is 1. The van der Waals surface area contributed by atoms with E-state index in [1.54, 1.807) is 17.9 Å². The van der Waals surface area contributed by atoms with Crippen LogP contribution in [0.1, 0.15) is 5.69 Å². The van der Waals surface area contributed by atoms with Crippen molar-refractivity contribution in [2.45, 2.75) is 6.92 Å². The number of tetrazole rings is 1. The van der Waals surface area contributed by atoms with Gasteiger partial charge in [0.1, 0.15) is 0 Å². The van der Waals surface area contributed by atoms with Gasteiger partial charge in [0.05, 0.1) is 16.9 Å². The van der Waals surface area contributed by atoms with Gasteiger partial charge in [0.25, 0.3) is 0 Å². The Hall–Kier alpha value is -2.83. The molecular formula is C13H13N7. The molecule has 0 saturated heterocycles. The first-order valence-corrected chi connectivity index (χ1v) is 6.15. The van der Waals surface area contributed by atoms with Crippen LogP contribution in [-0.4, -0.2) is 37.2 Å². The second-order valence-corrected chi connectivity index (χ2v) is 4.19. The Balaban J connectivity index is 2.11. The number of nitrogens with zero attached hydrogens (tertiary/aromatic N) is 6. The summed E-state index contributed by atoms with van der Waals surface area (Å²) in [6, 6.07) is 9.71. The average molecular weight is 267 g/mol. The molecule has 0 bridgehead atoms. The van der Waals surface area contributed by atoms with E-state index in [2.05, 4.69) is 30.8 Å². The summed E-state index contributed by atoms with van der Waals surface area (Å²) < 4.78 is 1.67. The second kappa shape index (κ2) is 5.04. The van der Waals surface area contributed by atoms with Gasteiger partial charge in [0, 0.05) is 13.2 Å². The lowest BCUT2D eigenvalue weighted by atomic mass is 10.2. The normalized spacial score (nSPS) is 10.5. The van der Waals surface area contributed by atoms with Crippen molar-refractivity contribution in [2.24, 2.45) is 0 Å². The molecule has 0 aliphatic carbocycles. The Morgan fingerprint density at radius 1 is 1.15 bits per heavy atom. The number of hydrogen-bond acceptors (Lipinski definition) is 6. The Bertz CT molecular complexity index is 721. The summed E-state index contributed by atoms with van der Waals surface area (Å²) in [6.45, 7) is 1.90. The van der Waals surface area contributed by atoms with E-state index in [1.807, 2.05) is 37.3 Å². The third kappa shape index (κ3) is 2.09. The lowest BCUT2D eigenvalue weighted by Gasteiger charge is -2.07. The molecule has 1 N–H and O–H groups in total. The van der Waals surface area contributed by atoms with E-state index in [1.165, 1.54) is 0 Å². The van der Waals surface area contributed by atoms with Crippen LogP contribution >= 0.6 is 0 Å². The molecule has 2 heterocycles. The maximum absolute atomic E-state index is 4.35. The van der Waals surface area contributed by atoms with Crippen molar-refractivity contribution < 1.29 is 0 Å². The van der Waals surface area contributed by atoms with E-state index >= 15 is 0 Å². The zero-order valence-electron chi connectivity index (χ0n) is 11.1. The van der Waals surface area contributed by atoms with Crippen molar-refractivity contribution in [1.29, 1.82) is 0 Å². The van der Waals surface area contributed by atoms with E-state index in [4.69, 9.17) is 0 Å². The van der Waals surface area contributed by atoms with Crippen LogP contribution in [0.4, 0.5) is 5.95 Å². The third-order valence-corrected chi connectivity index (χ3v) is 2.91. The zero-order chi connectivity index (χ0) is 13.9. The largest absolute Gasteiger partial charge is 0.357 e. The first-order chi connectivity index (χ1) is 9.79. The van der Waals surface area contributed by atoms with Crippen LogP contribution in [-0.2, 0) is 0 Å². The standard InChI is InChI=1S/C13H13N7/c1-9-11(8-15-13(14-2)16-9)12-17-18-19-20(12)10-6-4-3-5-7-10/h3-8H,1-2H3,(H,14,15,16). The van der Waals surface area contributed by atoms with Gasteiger partial charge in [-0.1, -0.05) is 18.2 Å². The van der Waals surface area contributed by atoms with Crippen molar-refractivity contribution in [1.82, 2.24) is 30.2 Å². The van der Waals surface area contributed by atoms with Crippen molar-refractivity contribution in [3.63, 3.8) is 0 Å². The summed E-state index contributed by atoms with van der Waals surface area (Å²) in [5.41, 5.74) is 2.51. The number of aryl methyl sites for hydroxylation is 1. The Morgan fingerprint density at radius 2 is 1.95 bits per heavy atom. The highest BCUT2D eigenvalue weighted by Gasteiger charge is 2.14. The topological polar surface area (TPSA) is 81.4 Å². The molecule has 0 atom stereocenters. The van der Waals surface area contributed by atoms with Crippen LogP contribution in [0.5, 0.6) is 0 Å². The fourth-order valence-corrected chi connectivity index (χ4v) is 1.91. The minimum atomic E-state index is 0.574. The van der Waals surface area contributed by atoms with Gasteiger partial charge in [-0.3, -0.25) is 0 Å². The summed E-state index contributed by atoms with van der Waals surface area (Å²) in [5.74, 6) is 1.20. The molecule has 0 spiro atoms.